The van der Waals surface area contributed by atoms with E-state index in [-0.39, 0.29) is 0 Å². The van der Waals surface area contributed by atoms with Crippen LogP contribution in [-0.2, 0) is 0 Å². The van der Waals surface area contributed by atoms with E-state index < -0.39 is 0 Å². The highest BCUT2D eigenvalue weighted by Crippen LogP contribution is 2.29. The third-order valence-electron chi connectivity index (χ3n) is 3.37. The van der Waals surface area contributed by atoms with Gasteiger partial charge in [0.25, 0.3) is 0 Å². The summed E-state index contributed by atoms with van der Waals surface area (Å²) < 4.78 is 5.46. The molecule has 0 atom stereocenters. The second-order valence-electron chi connectivity index (χ2n) is 5.15. The molecule has 0 N–H and O–H groups in total. The zero-order valence-electron chi connectivity index (χ0n) is 13.8. The molecule has 0 amide bonds. The molecule has 4 nitrogen and oxygen atoms in total. The quantitative estimate of drug-likeness (QED) is 0.748. The predicted octanol–water partition coefficient (Wildman–Crippen LogP) is 4.68. The van der Waals surface area contributed by atoms with Crippen LogP contribution in [0.1, 0.15) is 30.0 Å². The first-order valence-corrected chi connectivity index (χ1v) is 7.81. The van der Waals surface area contributed by atoms with Gasteiger partial charge in [-0.1, -0.05) is 24.6 Å². The Morgan fingerprint density at radius 2 is 1.96 bits per heavy atom. The van der Waals surface area contributed by atoms with Crippen molar-refractivity contribution < 1.29 is 4.74 Å². The first-order valence-electron chi connectivity index (χ1n) is 7.43. The van der Waals surface area contributed by atoms with E-state index in [0.29, 0.717) is 11.0 Å². The lowest BCUT2D eigenvalue weighted by Crippen LogP contribution is -2.00. The van der Waals surface area contributed by atoms with Gasteiger partial charge in [0.05, 0.1) is 7.11 Å². The molecule has 1 aromatic carbocycles. The largest absolute Gasteiger partial charge is 0.496 e. The smallest absolute Gasteiger partial charge is 0.159 e. The van der Waals surface area contributed by atoms with E-state index in [2.05, 4.69) is 15.0 Å². The van der Waals surface area contributed by atoms with Crippen LogP contribution in [0.15, 0.2) is 41.8 Å². The maximum atomic E-state index is 6.36. The lowest BCUT2D eigenvalue weighted by Gasteiger charge is -2.12. The fraction of sp³-hybridized carbons (Fsp3) is 0.278. The van der Waals surface area contributed by atoms with Crippen molar-refractivity contribution in [3.63, 3.8) is 0 Å². The Labute approximate surface area is 141 Å². The second kappa shape index (κ2) is 7.88. The Morgan fingerprint density at radius 1 is 1.26 bits per heavy atom. The monoisotopic (exact) mass is 329 g/mol. The van der Waals surface area contributed by atoms with Crippen LogP contribution in [0.4, 0.5) is 0 Å². The molecule has 2 rings (SSSR count). The van der Waals surface area contributed by atoms with Crippen molar-refractivity contribution in [1.82, 2.24) is 9.97 Å². The van der Waals surface area contributed by atoms with Gasteiger partial charge in [-0.3, -0.25) is 0 Å². The number of benzene rings is 1. The topological polar surface area (TPSA) is 47.4 Å². The van der Waals surface area contributed by atoms with E-state index in [1.54, 1.807) is 25.7 Å². The number of ether oxygens (including phenoxy) is 1. The summed E-state index contributed by atoms with van der Waals surface area (Å²) >= 11 is 6.36. The molecule has 0 unspecified atom stereocenters. The van der Waals surface area contributed by atoms with E-state index in [1.165, 1.54) is 0 Å². The first-order chi connectivity index (χ1) is 11.1. The number of nitrogens with zero attached hydrogens (tertiary/aromatic N) is 3. The predicted molar refractivity (Wildman–Crippen MR) is 95.3 cm³/mol. The summed E-state index contributed by atoms with van der Waals surface area (Å²) in [6, 6.07) is 3.85. The van der Waals surface area contributed by atoms with Crippen LogP contribution in [-0.4, -0.2) is 22.2 Å². The van der Waals surface area contributed by atoms with Crippen molar-refractivity contribution in [3.05, 3.63) is 53.5 Å². The molecule has 2 aromatic rings. The Bertz CT molecular complexity index is 737. The van der Waals surface area contributed by atoms with E-state index in [9.17, 15) is 0 Å². The molecule has 1 aromatic heterocycles. The molecule has 0 radical (unpaired) electrons. The Kier molecular flexibility index (Phi) is 5.88. The Hall–Kier alpha value is -2.20. The molecule has 23 heavy (non-hydrogen) atoms. The summed E-state index contributed by atoms with van der Waals surface area (Å²) in [5, 5.41) is 0.416. The van der Waals surface area contributed by atoms with Crippen LogP contribution in [0.2, 0.25) is 0 Å². The van der Waals surface area contributed by atoms with Crippen molar-refractivity contribution in [2.75, 3.05) is 7.11 Å². The summed E-state index contributed by atoms with van der Waals surface area (Å²) in [4.78, 5) is 13.0. The number of hydrogen-bond acceptors (Lipinski definition) is 4. The molecule has 0 fully saturated rings. The van der Waals surface area contributed by atoms with Crippen molar-refractivity contribution in [3.8, 4) is 17.1 Å². The second-order valence-corrected chi connectivity index (χ2v) is 5.51. The van der Waals surface area contributed by atoms with Gasteiger partial charge in [0.1, 0.15) is 10.9 Å². The van der Waals surface area contributed by atoms with Crippen LogP contribution < -0.4 is 4.74 Å². The fourth-order valence-corrected chi connectivity index (χ4v) is 2.33. The van der Waals surface area contributed by atoms with Gasteiger partial charge >= 0.3 is 0 Å². The molecule has 0 aliphatic carbocycles. The Morgan fingerprint density at radius 3 is 2.57 bits per heavy atom. The highest BCUT2D eigenvalue weighted by molar-refractivity contribution is 6.69. The standard InChI is InChI=1S/C18H20ClN3O/c1-5-6-7-20-17(19)15-8-14(9-16(23-4)13(15)3)18-21-10-12(2)11-22-18/h6-11H,5H2,1-4H3/b7-6+,20-17+. The van der Waals surface area contributed by atoms with Gasteiger partial charge in [0.2, 0.25) is 0 Å². The number of allylic oxidation sites excluding steroid dienone is 1. The molecule has 0 aliphatic rings. The highest BCUT2D eigenvalue weighted by atomic mass is 35.5. The molecule has 1 heterocycles. The van der Waals surface area contributed by atoms with Gasteiger partial charge in [-0.2, -0.15) is 0 Å². The van der Waals surface area contributed by atoms with E-state index in [4.69, 9.17) is 16.3 Å². The molecule has 120 valence electrons. The maximum Gasteiger partial charge on any atom is 0.159 e. The van der Waals surface area contributed by atoms with Gasteiger partial charge in [-0.05, 0) is 38.0 Å². The fourth-order valence-electron chi connectivity index (χ4n) is 2.08. The average Bonchev–Trinajstić information content (AvgIpc) is 2.56. The molecular formula is C18H20ClN3O. The lowest BCUT2D eigenvalue weighted by atomic mass is 10.0. The minimum atomic E-state index is 0.416. The van der Waals surface area contributed by atoms with E-state index in [0.717, 1.165) is 34.4 Å². The van der Waals surface area contributed by atoms with Gasteiger partial charge in [-0.25, -0.2) is 15.0 Å². The van der Waals surface area contributed by atoms with Crippen molar-refractivity contribution in [1.29, 1.82) is 0 Å². The van der Waals surface area contributed by atoms with Gasteiger partial charge in [-0.15, -0.1) is 0 Å². The molecule has 5 heteroatoms. The average molecular weight is 330 g/mol. The van der Waals surface area contributed by atoms with Crippen LogP contribution in [0.3, 0.4) is 0 Å². The summed E-state index contributed by atoms with van der Waals surface area (Å²) in [5.74, 6) is 1.36. The van der Waals surface area contributed by atoms with Crippen LogP contribution in [0, 0.1) is 13.8 Å². The summed E-state index contributed by atoms with van der Waals surface area (Å²) in [7, 11) is 1.63. The third-order valence-corrected chi connectivity index (χ3v) is 3.67. The molecule has 0 bridgehead atoms. The molecule has 0 spiro atoms. The minimum Gasteiger partial charge on any atom is -0.496 e. The number of aliphatic imine (C=N–C) groups is 1. The normalized spacial score (nSPS) is 12.0. The number of rotatable bonds is 5. The Balaban J connectivity index is 2.54. The van der Waals surface area contributed by atoms with Crippen molar-refractivity contribution in [2.45, 2.75) is 27.2 Å². The van der Waals surface area contributed by atoms with Crippen LogP contribution >= 0.6 is 11.6 Å². The number of hydrogen-bond donors (Lipinski definition) is 0. The number of aryl methyl sites for hydroxylation is 1. The van der Waals surface area contributed by atoms with Crippen LogP contribution in [0.5, 0.6) is 5.75 Å². The molecule has 0 saturated carbocycles. The third kappa shape index (κ3) is 4.17. The summed E-state index contributed by atoms with van der Waals surface area (Å²) in [6.07, 6.45) is 8.14. The van der Waals surface area contributed by atoms with E-state index >= 15 is 0 Å². The zero-order valence-corrected chi connectivity index (χ0v) is 14.6. The molecule has 0 aliphatic heterocycles. The van der Waals surface area contributed by atoms with Crippen LogP contribution in [0.25, 0.3) is 11.4 Å². The number of halogens is 1. The van der Waals surface area contributed by atoms with Crippen molar-refractivity contribution in [2.24, 2.45) is 4.99 Å². The molecular weight excluding hydrogens is 310 g/mol. The molecule has 0 saturated heterocycles. The number of aromatic nitrogens is 2. The SMILES string of the molecule is CC/C=C/N=C(/Cl)c1cc(-c2ncc(C)cn2)cc(OC)c1C. The number of methoxy groups -OCH3 is 1. The van der Waals surface area contributed by atoms with Gasteiger partial charge < -0.3 is 4.74 Å². The van der Waals surface area contributed by atoms with Crippen molar-refractivity contribution >= 4 is 16.8 Å². The zero-order chi connectivity index (χ0) is 16.8. The van der Waals surface area contributed by atoms with Gasteiger partial charge in [0.15, 0.2) is 5.82 Å². The first kappa shape index (κ1) is 17.2. The maximum absolute atomic E-state index is 6.36. The highest BCUT2D eigenvalue weighted by Gasteiger charge is 2.13. The minimum absolute atomic E-state index is 0.416. The summed E-state index contributed by atoms with van der Waals surface area (Å²) in [6.45, 7) is 5.95. The van der Waals surface area contributed by atoms with E-state index in [1.807, 2.05) is 39.0 Å². The lowest BCUT2D eigenvalue weighted by molar-refractivity contribution is 0.412. The summed E-state index contributed by atoms with van der Waals surface area (Å²) in [5.41, 5.74) is 3.60. The van der Waals surface area contributed by atoms with Gasteiger partial charge in [0, 0.05) is 35.3 Å².